The molecular weight excluding hydrogens is 202 g/mol. The maximum Gasteiger partial charge on any atom is 0.219 e. The van der Waals surface area contributed by atoms with Gasteiger partial charge in [-0.05, 0) is 18.8 Å². The number of amides is 1. The minimum absolute atomic E-state index is 0.156. The number of hydrogen-bond acceptors (Lipinski definition) is 2. The predicted octanol–water partition coefficient (Wildman–Crippen LogP) is 1.83. The molecule has 4 heteroatoms. The molecule has 88 valence electrons. The van der Waals surface area contributed by atoms with E-state index in [2.05, 4.69) is 24.0 Å². The van der Waals surface area contributed by atoms with Crippen molar-refractivity contribution in [1.29, 1.82) is 0 Å². The summed E-state index contributed by atoms with van der Waals surface area (Å²) in [6.07, 6.45) is 2.02. The maximum atomic E-state index is 11.5. The van der Waals surface area contributed by atoms with Gasteiger partial charge >= 0.3 is 0 Å². The number of carbonyl (C=O) groups excluding carboxylic acids is 1. The van der Waals surface area contributed by atoms with Gasteiger partial charge in [0.15, 0.2) is 0 Å². The van der Waals surface area contributed by atoms with Crippen molar-refractivity contribution in [2.45, 2.75) is 46.1 Å². The van der Waals surface area contributed by atoms with E-state index in [0.29, 0.717) is 12.5 Å². The molecule has 0 aromatic carbocycles. The molecule has 0 fully saturated rings. The Hall–Kier alpha value is -1.32. The van der Waals surface area contributed by atoms with Crippen LogP contribution in [-0.2, 0) is 17.8 Å². The lowest BCUT2D eigenvalue weighted by Gasteiger charge is -2.19. The first kappa shape index (κ1) is 11.2. The topological polar surface area (TPSA) is 49.0 Å². The van der Waals surface area contributed by atoms with Crippen molar-refractivity contribution in [3.8, 4) is 0 Å². The minimum Gasteiger partial charge on any atom is -0.338 e. The normalized spacial score (nSPS) is 16.1. The van der Waals surface area contributed by atoms with Crippen molar-refractivity contribution in [1.82, 2.24) is 15.1 Å². The SMILES string of the molecule is CC(=O)N1CCCc2[nH]nc(C(C)C)c2C1. The predicted molar refractivity (Wildman–Crippen MR) is 62.1 cm³/mol. The third-order valence-corrected chi connectivity index (χ3v) is 3.18. The van der Waals surface area contributed by atoms with Gasteiger partial charge in [-0.25, -0.2) is 0 Å². The third-order valence-electron chi connectivity index (χ3n) is 3.18. The van der Waals surface area contributed by atoms with Crippen LogP contribution in [0, 0.1) is 0 Å². The zero-order chi connectivity index (χ0) is 11.7. The summed E-state index contributed by atoms with van der Waals surface area (Å²) in [7, 11) is 0. The van der Waals surface area contributed by atoms with Crippen LogP contribution in [0.1, 0.15) is 50.1 Å². The summed E-state index contributed by atoms with van der Waals surface area (Å²) in [5, 5.41) is 7.49. The molecule has 0 radical (unpaired) electrons. The van der Waals surface area contributed by atoms with Gasteiger partial charge in [0.05, 0.1) is 5.69 Å². The number of aryl methyl sites for hydroxylation is 1. The van der Waals surface area contributed by atoms with Crippen molar-refractivity contribution in [3.05, 3.63) is 17.0 Å². The van der Waals surface area contributed by atoms with E-state index >= 15 is 0 Å². The van der Waals surface area contributed by atoms with Crippen molar-refractivity contribution >= 4 is 5.91 Å². The Bertz CT molecular complexity index is 395. The number of aromatic nitrogens is 2. The molecule has 1 amide bonds. The Balaban J connectivity index is 2.32. The molecule has 0 bridgehead atoms. The van der Waals surface area contributed by atoms with Gasteiger partial charge < -0.3 is 4.90 Å². The highest BCUT2D eigenvalue weighted by atomic mass is 16.2. The fourth-order valence-electron chi connectivity index (χ4n) is 2.26. The maximum absolute atomic E-state index is 11.5. The van der Waals surface area contributed by atoms with E-state index < -0.39 is 0 Å². The fourth-order valence-corrected chi connectivity index (χ4v) is 2.26. The number of aromatic amines is 1. The lowest BCUT2D eigenvalue weighted by Crippen LogP contribution is -2.28. The number of carbonyl (C=O) groups is 1. The summed E-state index contributed by atoms with van der Waals surface area (Å²) >= 11 is 0. The van der Waals surface area contributed by atoms with Crippen LogP contribution in [0.25, 0.3) is 0 Å². The van der Waals surface area contributed by atoms with E-state index in [4.69, 9.17) is 0 Å². The summed E-state index contributed by atoms with van der Waals surface area (Å²) in [5.41, 5.74) is 3.57. The minimum atomic E-state index is 0.156. The zero-order valence-corrected chi connectivity index (χ0v) is 10.2. The monoisotopic (exact) mass is 221 g/mol. The fraction of sp³-hybridized carbons (Fsp3) is 0.667. The molecule has 1 aliphatic heterocycles. The molecule has 4 nitrogen and oxygen atoms in total. The lowest BCUT2D eigenvalue weighted by molar-refractivity contribution is -0.129. The van der Waals surface area contributed by atoms with Crippen LogP contribution in [0.3, 0.4) is 0 Å². The van der Waals surface area contributed by atoms with Gasteiger partial charge in [-0.15, -0.1) is 0 Å². The summed E-state index contributed by atoms with van der Waals surface area (Å²) in [6.45, 7) is 7.49. The zero-order valence-electron chi connectivity index (χ0n) is 10.2. The van der Waals surface area contributed by atoms with Gasteiger partial charge in [0.1, 0.15) is 0 Å². The second-order valence-corrected chi connectivity index (χ2v) is 4.76. The van der Waals surface area contributed by atoms with Gasteiger partial charge in [-0.1, -0.05) is 13.8 Å². The highest BCUT2D eigenvalue weighted by Crippen LogP contribution is 2.24. The Kier molecular flexibility index (Phi) is 2.99. The molecule has 1 aromatic heterocycles. The molecule has 1 aromatic rings. The third kappa shape index (κ3) is 1.96. The summed E-state index contributed by atoms with van der Waals surface area (Å²) < 4.78 is 0. The van der Waals surface area contributed by atoms with E-state index in [9.17, 15) is 4.79 Å². The quantitative estimate of drug-likeness (QED) is 0.786. The van der Waals surface area contributed by atoms with Gasteiger partial charge in [-0.2, -0.15) is 5.10 Å². The summed E-state index contributed by atoms with van der Waals surface area (Å²) in [6, 6.07) is 0. The van der Waals surface area contributed by atoms with E-state index in [1.807, 2.05) is 4.90 Å². The van der Waals surface area contributed by atoms with Gasteiger partial charge in [-0.3, -0.25) is 9.89 Å². The van der Waals surface area contributed by atoms with Crippen LogP contribution in [0.4, 0.5) is 0 Å². The van der Waals surface area contributed by atoms with E-state index in [-0.39, 0.29) is 5.91 Å². The first-order valence-electron chi connectivity index (χ1n) is 5.91. The molecule has 0 spiro atoms. The van der Waals surface area contributed by atoms with Crippen molar-refractivity contribution < 1.29 is 4.79 Å². The van der Waals surface area contributed by atoms with Gasteiger partial charge in [0.2, 0.25) is 5.91 Å². The Morgan fingerprint density at radius 2 is 2.25 bits per heavy atom. The average molecular weight is 221 g/mol. The molecule has 0 saturated heterocycles. The second kappa shape index (κ2) is 4.28. The van der Waals surface area contributed by atoms with Crippen LogP contribution in [0.15, 0.2) is 0 Å². The molecule has 16 heavy (non-hydrogen) atoms. The van der Waals surface area contributed by atoms with Crippen molar-refractivity contribution in [2.24, 2.45) is 0 Å². The van der Waals surface area contributed by atoms with Gasteiger partial charge in [0, 0.05) is 31.3 Å². The van der Waals surface area contributed by atoms with E-state index in [1.54, 1.807) is 6.92 Å². The first-order chi connectivity index (χ1) is 7.59. The molecule has 0 aliphatic carbocycles. The van der Waals surface area contributed by atoms with Crippen LogP contribution in [0.5, 0.6) is 0 Å². The van der Waals surface area contributed by atoms with Crippen LogP contribution >= 0.6 is 0 Å². The van der Waals surface area contributed by atoms with E-state index in [0.717, 1.165) is 25.1 Å². The van der Waals surface area contributed by atoms with Gasteiger partial charge in [0.25, 0.3) is 0 Å². The molecule has 1 aliphatic rings. The molecule has 0 atom stereocenters. The highest BCUT2D eigenvalue weighted by molar-refractivity contribution is 5.73. The van der Waals surface area contributed by atoms with E-state index in [1.165, 1.54) is 11.3 Å². The molecule has 2 heterocycles. The second-order valence-electron chi connectivity index (χ2n) is 4.76. The summed E-state index contributed by atoms with van der Waals surface area (Å²) in [5.74, 6) is 0.565. The number of hydrogen-bond donors (Lipinski definition) is 1. The summed E-state index contributed by atoms with van der Waals surface area (Å²) in [4.78, 5) is 13.4. The van der Waals surface area contributed by atoms with Crippen molar-refractivity contribution in [3.63, 3.8) is 0 Å². The molecule has 0 saturated carbocycles. The smallest absolute Gasteiger partial charge is 0.219 e. The Labute approximate surface area is 96.0 Å². The largest absolute Gasteiger partial charge is 0.338 e. The Morgan fingerprint density at radius 3 is 2.88 bits per heavy atom. The number of nitrogens with one attached hydrogen (secondary N) is 1. The average Bonchev–Trinajstić information content (AvgIpc) is 2.48. The highest BCUT2D eigenvalue weighted by Gasteiger charge is 2.22. The number of nitrogens with zero attached hydrogens (tertiary/aromatic N) is 2. The number of fused-ring (bicyclic) bond motifs is 1. The molecule has 1 N–H and O–H groups in total. The molecule has 2 rings (SSSR count). The number of rotatable bonds is 1. The molecule has 0 unspecified atom stereocenters. The first-order valence-corrected chi connectivity index (χ1v) is 5.91. The Morgan fingerprint density at radius 1 is 1.50 bits per heavy atom. The standard InChI is InChI=1S/C12H19N3O/c1-8(2)12-10-7-15(9(3)16)6-4-5-11(10)13-14-12/h8H,4-7H2,1-3H3,(H,13,14). The van der Waals surface area contributed by atoms with Crippen LogP contribution in [-0.4, -0.2) is 27.5 Å². The lowest BCUT2D eigenvalue weighted by atomic mass is 10.0. The van der Waals surface area contributed by atoms with Crippen LogP contribution in [0.2, 0.25) is 0 Å². The number of H-pyrrole nitrogens is 1. The van der Waals surface area contributed by atoms with Crippen molar-refractivity contribution in [2.75, 3.05) is 6.54 Å². The van der Waals surface area contributed by atoms with Crippen LogP contribution < -0.4 is 0 Å². The molecular formula is C12H19N3O.